The van der Waals surface area contributed by atoms with Crippen LogP contribution in [-0.2, 0) is 5.88 Å². The van der Waals surface area contributed by atoms with E-state index in [1.807, 2.05) is 17.2 Å². The number of thioether (sulfide) groups is 3. The van der Waals surface area contributed by atoms with E-state index < -0.39 is 0 Å². The van der Waals surface area contributed by atoms with Gasteiger partial charge >= 0.3 is 0 Å². The molecule has 0 amide bonds. The second-order valence-corrected chi connectivity index (χ2v) is 8.55. The van der Waals surface area contributed by atoms with Crippen molar-refractivity contribution in [1.82, 2.24) is 20.0 Å². The van der Waals surface area contributed by atoms with Gasteiger partial charge in [-0.05, 0) is 24.7 Å². The molecule has 0 spiro atoms. The molecule has 4 nitrogen and oxygen atoms in total. The molecule has 92 valence electrons. The SMILES string of the molecule is CSc1nnc(SCn2nc(SC)sc2=S)s1. The average Bonchev–Trinajstić information content (AvgIpc) is 2.93. The lowest BCUT2D eigenvalue weighted by atomic mass is 11.3. The van der Waals surface area contributed by atoms with E-state index in [1.54, 1.807) is 46.6 Å². The van der Waals surface area contributed by atoms with Gasteiger partial charge in [0.1, 0.15) is 0 Å². The van der Waals surface area contributed by atoms with Crippen molar-refractivity contribution >= 4 is 70.2 Å². The van der Waals surface area contributed by atoms with E-state index in [0.29, 0.717) is 5.88 Å². The minimum absolute atomic E-state index is 0.693. The Bertz CT molecular complexity index is 543. The molecule has 0 saturated carbocycles. The van der Waals surface area contributed by atoms with Gasteiger partial charge in [0.05, 0.1) is 5.88 Å². The number of hydrogen-bond donors (Lipinski definition) is 0. The second kappa shape index (κ2) is 6.53. The van der Waals surface area contributed by atoms with Crippen LogP contribution in [0.15, 0.2) is 13.0 Å². The molecule has 0 N–H and O–H groups in total. The zero-order valence-corrected chi connectivity index (χ0v) is 13.8. The maximum atomic E-state index is 5.24. The van der Waals surface area contributed by atoms with E-state index in [2.05, 4.69) is 15.3 Å². The summed E-state index contributed by atoms with van der Waals surface area (Å²) < 4.78 is 5.57. The molecule has 17 heavy (non-hydrogen) atoms. The first-order valence-corrected chi connectivity index (χ1v) is 9.83. The van der Waals surface area contributed by atoms with Gasteiger partial charge in [-0.2, -0.15) is 5.10 Å². The Balaban J connectivity index is 2.01. The predicted octanol–water partition coefficient (Wildman–Crippen LogP) is 3.72. The Labute approximate surface area is 125 Å². The van der Waals surface area contributed by atoms with Crippen molar-refractivity contribution in [2.45, 2.75) is 18.9 Å². The smallest absolute Gasteiger partial charge is 0.180 e. The zero-order chi connectivity index (χ0) is 12.3. The van der Waals surface area contributed by atoms with Crippen LogP contribution in [0, 0.1) is 3.95 Å². The van der Waals surface area contributed by atoms with Gasteiger partial charge in [0.15, 0.2) is 17.0 Å². The van der Waals surface area contributed by atoms with Crippen LogP contribution in [0.25, 0.3) is 0 Å². The van der Waals surface area contributed by atoms with Crippen LogP contribution in [-0.4, -0.2) is 32.5 Å². The third kappa shape index (κ3) is 3.67. The Morgan fingerprint density at radius 1 is 1.12 bits per heavy atom. The highest BCUT2D eigenvalue weighted by molar-refractivity contribution is 8.02. The number of hydrogen-bond acceptors (Lipinski definition) is 9. The van der Waals surface area contributed by atoms with Crippen LogP contribution in [0.2, 0.25) is 0 Å². The van der Waals surface area contributed by atoms with Gasteiger partial charge in [0.25, 0.3) is 0 Å². The fraction of sp³-hybridized carbons (Fsp3) is 0.429. The Kier molecular flexibility index (Phi) is 5.30. The van der Waals surface area contributed by atoms with Crippen molar-refractivity contribution in [3.05, 3.63) is 3.95 Å². The highest BCUT2D eigenvalue weighted by Crippen LogP contribution is 2.29. The summed E-state index contributed by atoms with van der Waals surface area (Å²) in [6.07, 6.45) is 4.00. The normalized spacial score (nSPS) is 10.9. The predicted molar refractivity (Wildman–Crippen MR) is 80.3 cm³/mol. The van der Waals surface area contributed by atoms with Gasteiger partial charge in [0.2, 0.25) is 0 Å². The first-order valence-electron chi connectivity index (χ1n) is 4.35. The Morgan fingerprint density at radius 3 is 2.41 bits per heavy atom. The molecule has 0 aliphatic rings. The summed E-state index contributed by atoms with van der Waals surface area (Å²) in [6.45, 7) is 0. The lowest BCUT2D eigenvalue weighted by Gasteiger charge is -1.96. The fourth-order valence-electron chi connectivity index (χ4n) is 0.906. The zero-order valence-electron chi connectivity index (χ0n) is 8.95. The van der Waals surface area contributed by atoms with E-state index in [4.69, 9.17) is 12.2 Å². The first-order chi connectivity index (χ1) is 8.22. The molecule has 2 aromatic rings. The molecule has 0 aliphatic carbocycles. The van der Waals surface area contributed by atoms with Gasteiger partial charge in [0, 0.05) is 0 Å². The van der Waals surface area contributed by atoms with Gasteiger partial charge in [-0.1, -0.05) is 58.0 Å². The summed E-state index contributed by atoms with van der Waals surface area (Å²) in [7, 11) is 0. The Morgan fingerprint density at radius 2 is 1.82 bits per heavy atom. The summed E-state index contributed by atoms with van der Waals surface area (Å²) in [5, 5.41) is 12.5. The van der Waals surface area contributed by atoms with Gasteiger partial charge in [-0.15, -0.1) is 10.2 Å². The third-order valence-corrected chi connectivity index (χ3v) is 6.92. The molecule has 2 aromatic heterocycles. The lowest BCUT2D eigenvalue weighted by Crippen LogP contribution is -1.96. The molecule has 0 atom stereocenters. The summed E-state index contributed by atoms with van der Waals surface area (Å²) >= 11 is 13.2. The van der Waals surface area contributed by atoms with Gasteiger partial charge in [-0.3, -0.25) is 0 Å². The van der Waals surface area contributed by atoms with Crippen molar-refractivity contribution in [3.8, 4) is 0 Å². The molecular formula is C7H8N4S6. The van der Waals surface area contributed by atoms with Crippen LogP contribution in [0.3, 0.4) is 0 Å². The average molecular weight is 341 g/mol. The maximum absolute atomic E-state index is 5.24. The second-order valence-electron chi connectivity index (χ2n) is 2.65. The van der Waals surface area contributed by atoms with Crippen LogP contribution < -0.4 is 0 Å². The molecule has 0 radical (unpaired) electrons. The molecular weight excluding hydrogens is 333 g/mol. The molecule has 0 aromatic carbocycles. The standard InChI is InChI=1S/C7H8N4S6/c1-13-4-8-9-5(16-4)15-3-11-7(12)17-6(10-11)14-2/h3H2,1-2H3. The van der Waals surface area contributed by atoms with Gasteiger partial charge in [-0.25, -0.2) is 4.68 Å². The van der Waals surface area contributed by atoms with Crippen LogP contribution in [0.1, 0.15) is 0 Å². The lowest BCUT2D eigenvalue weighted by molar-refractivity contribution is 0.714. The Hall–Kier alpha value is 0.390. The summed E-state index contributed by atoms with van der Waals surface area (Å²) in [6, 6.07) is 0. The molecule has 0 fully saturated rings. The third-order valence-electron chi connectivity index (χ3n) is 1.64. The summed E-state index contributed by atoms with van der Waals surface area (Å²) in [4.78, 5) is 0. The largest absolute Gasteiger partial charge is 0.233 e. The minimum atomic E-state index is 0.693. The summed E-state index contributed by atoms with van der Waals surface area (Å²) in [5.41, 5.74) is 0. The number of nitrogens with zero attached hydrogens (tertiary/aromatic N) is 4. The minimum Gasteiger partial charge on any atom is -0.233 e. The van der Waals surface area contributed by atoms with Crippen LogP contribution in [0.5, 0.6) is 0 Å². The van der Waals surface area contributed by atoms with Crippen LogP contribution in [0.4, 0.5) is 0 Å². The topological polar surface area (TPSA) is 43.6 Å². The van der Waals surface area contributed by atoms with Crippen molar-refractivity contribution in [2.75, 3.05) is 12.5 Å². The van der Waals surface area contributed by atoms with Crippen molar-refractivity contribution < 1.29 is 0 Å². The van der Waals surface area contributed by atoms with E-state index in [9.17, 15) is 0 Å². The van der Waals surface area contributed by atoms with E-state index in [-0.39, 0.29) is 0 Å². The quantitative estimate of drug-likeness (QED) is 0.607. The highest BCUT2D eigenvalue weighted by atomic mass is 32.2. The fourth-order valence-corrected chi connectivity index (χ4v) is 5.13. The monoisotopic (exact) mass is 340 g/mol. The summed E-state index contributed by atoms with van der Waals surface area (Å²) in [5.74, 6) is 0.693. The van der Waals surface area contributed by atoms with Crippen molar-refractivity contribution in [1.29, 1.82) is 0 Å². The number of aromatic nitrogens is 4. The molecule has 2 heterocycles. The van der Waals surface area contributed by atoms with Crippen molar-refractivity contribution in [3.63, 3.8) is 0 Å². The van der Waals surface area contributed by atoms with E-state index in [1.165, 1.54) is 11.3 Å². The molecule has 0 aliphatic heterocycles. The van der Waals surface area contributed by atoms with E-state index >= 15 is 0 Å². The van der Waals surface area contributed by atoms with Crippen LogP contribution >= 0.6 is 70.2 Å². The molecule has 0 unspecified atom stereocenters. The first kappa shape index (κ1) is 13.8. The molecule has 10 heteroatoms. The maximum Gasteiger partial charge on any atom is 0.180 e. The molecule has 0 bridgehead atoms. The highest BCUT2D eigenvalue weighted by Gasteiger charge is 2.06. The van der Waals surface area contributed by atoms with E-state index in [0.717, 1.165) is 17.0 Å². The molecule has 2 rings (SSSR count). The van der Waals surface area contributed by atoms with Crippen molar-refractivity contribution in [2.24, 2.45) is 0 Å². The molecule has 0 saturated heterocycles. The van der Waals surface area contributed by atoms with Gasteiger partial charge < -0.3 is 0 Å². The number of rotatable bonds is 5.